The van der Waals surface area contributed by atoms with Crippen molar-refractivity contribution in [3.63, 3.8) is 0 Å². The molecule has 30 heavy (non-hydrogen) atoms. The summed E-state index contributed by atoms with van der Waals surface area (Å²) in [5, 5.41) is 2.97. The Morgan fingerprint density at radius 2 is 1.87 bits per heavy atom. The molecule has 2 aromatic rings. The number of rotatable bonds is 6. The van der Waals surface area contributed by atoms with Crippen LogP contribution in [0, 0.1) is 0 Å². The van der Waals surface area contributed by atoms with Gasteiger partial charge < -0.3 is 14.8 Å². The first kappa shape index (κ1) is 20.7. The molecule has 1 fully saturated rings. The zero-order chi connectivity index (χ0) is 21.4. The summed E-state index contributed by atoms with van der Waals surface area (Å²) in [5.74, 6) is 1.15. The lowest BCUT2D eigenvalue weighted by atomic mass is 9.84. The van der Waals surface area contributed by atoms with Crippen molar-refractivity contribution in [1.82, 2.24) is 9.62 Å². The predicted octanol–water partition coefficient (Wildman–Crippen LogP) is 2.66. The van der Waals surface area contributed by atoms with Crippen LogP contribution in [-0.4, -0.2) is 44.6 Å². The molecule has 1 atom stereocenters. The standard InChI is InChI=1S/C22H26N2O5S/c1-22(2,16-10-11-19-20(13-16)29-15-28-19)14-23-21(25)18-9-6-12-24(18)30(26,27)17-7-4-3-5-8-17/h3-5,7-8,10-11,13,18H,6,9,12,14-15H2,1-2H3,(H,23,25). The number of carbonyl (C=O) groups excluding carboxylic acids is 1. The minimum absolute atomic E-state index is 0.212. The van der Waals surface area contributed by atoms with E-state index in [1.54, 1.807) is 30.3 Å². The summed E-state index contributed by atoms with van der Waals surface area (Å²) in [7, 11) is -3.70. The van der Waals surface area contributed by atoms with Crippen LogP contribution >= 0.6 is 0 Å². The molecule has 0 bridgehead atoms. The van der Waals surface area contributed by atoms with Crippen molar-refractivity contribution in [2.24, 2.45) is 0 Å². The smallest absolute Gasteiger partial charge is 0.243 e. The first-order valence-corrected chi connectivity index (χ1v) is 11.5. The van der Waals surface area contributed by atoms with E-state index in [0.29, 0.717) is 37.4 Å². The fourth-order valence-electron chi connectivity index (χ4n) is 3.86. The number of hydrogen-bond donors (Lipinski definition) is 1. The summed E-state index contributed by atoms with van der Waals surface area (Å²) in [4.78, 5) is 13.2. The number of fused-ring (bicyclic) bond motifs is 1. The fraction of sp³-hybridized carbons (Fsp3) is 0.409. The van der Waals surface area contributed by atoms with Gasteiger partial charge in [0.05, 0.1) is 4.90 Å². The Labute approximate surface area is 177 Å². The first-order chi connectivity index (χ1) is 14.3. The van der Waals surface area contributed by atoms with Crippen LogP contribution in [0.25, 0.3) is 0 Å². The Kier molecular flexibility index (Phi) is 5.46. The molecule has 0 aromatic heterocycles. The van der Waals surface area contributed by atoms with E-state index in [0.717, 1.165) is 5.56 Å². The number of ether oxygens (including phenoxy) is 2. The summed E-state index contributed by atoms with van der Waals surface area (Å²) in [6.07, 6.45) is 1.18. The summed E-state index contributed by atoms with van der Waals surface area (Å²) in [6.45, 7) is 4.99. The van der Waals surface area contributed by atoms with E-state index in [1.807, 2.05) is 32.0 Å². The molecule has 0 spiro atoms. The van der Waals surface area contributed by atoms with Crippen LogP contribution in [0.3, 0.4) is 0 Å². The van der Waals surface area contributed by atoms with E-state index >= 15 is 0 Å². The molecule has 2 aromatic carbocycles. The monoisotopic (exact) mass is 430 g/mol. The number of nitrogens with zero attached hydrogens (tertiary/aromatic N) is 1. The lowest BCUT2D eigenvalue weighted by Crippen LogP contribution is -2.48. The highest BCUT2D eigenvalue weighted by atomic mass is 32.2. The third-order valence-corrected chi connectivity index (χ3v) is 7.64. The maximum absolute atomic E-state index is 13.0. The molecule has 8 heteroatoms. The van der Waals surface area contributed by atoms with E-state index in [4.69, 9.17) is 9.47 Å². The second-order valence-corrected chi connectivity index (χ2v) is 10.1. The zero-order valence-electron chi connectivity index (χ0n) is 17.1. The van der Waals surface area contributed by atoms with Crippen LogP contribution in [0.5, 0.6) is 11.5 Å². The van der Waals surface area contributed by atoms with Crippen LogP contribution < -0.4 is 14.8 Å². The quantitative estimate of drug-likeness (QED) is 0.762. The molecule has 1 N–H and O–H groups in total. The maximum Gasteiger partial charge on any atom is 0.243 e. The minimum Gasteiger partial charge on any atom is -0.454 e. The van der Waals surface area contributed by atoms with Gasteiger partial charge in [-0.05, 0) is 42.7 Å². The topological polar surface area (TPSA) is 84.9 Å². The predicted molar refractivity (Wildman–Crippen MR) is 112 cm³/mol. The van der Waals surface area contributed by atoms with E-state index in [2.05, 4.69) is 5.32 Å². The Balaban J connectivity index is 1.45. The summed E-state index contributed by atoms with van der Waals surface area (Å²) >= 11 is 0. The van der Waals surface area contributed by atoms with Gasteiger partial charge in [-0.25, -0.2) is 8.42 Å². The van der Waals surface area contributed by atoms with Crippen LogP contribution in [0.15, 0.2) is 53.4 Å². The van der Waals surface area contributed by atoms with Gasteiger partial charge in [-0.15, -0.1) is 0 Å². The van der Waals surface area contributed by atoms with E-state index in [-0.39, 0.29) is 23.0 Å². The molecular weight excluding hydrogens is 404 g/mol. The number of nitrogens with one attached hydrogen (secondary N) is 1. The molecule has 160 valence electrons. The Morgan fingerprint density at radius 1 is 1.13 bits per heavy atom. The summed E-state index contributed by atoms with van der Waals surface area (Å²) in [5.41, 5.74) is 0.644. The van der Waals surface area contributed by atoms with Gasteiger partial charge in [0.25, 0.3) is 0 Å². The lowest BCUT2D eigenvalue weighted by Gasteiger charge is -2.28. The number of benzene rings is 2. The largest absolute Gasteiger partial charge is 0.454 e. The number of amides is 1. The summed E-state index contributed by atoms with van der Waals surface area (Å²) in [6, 6.07) is 13.3. The molecule has 0 saturated carbocycles. The van der Waals surface area contributed by atoms with Crippen LogP contribution in [0.4, 0.5) is 0 Å². The van der Waals surface area contributed by atoms with Gasteiger partial charge >= 0.3 is 0 Å². The molecule has 2 aliphatic rings. The molecule has 4 rings (SSSR count). The van der Waals surface area contributed by atoms with Crippen LogP contribution in [0.2, 0.25) is 0 Å². The van der Waals surface area contributed by atoms with Crippen molar-refractivity contribution in [3.05, 3.63) is 54.1 Å². The number of hydrogen-bond acceptors (Lipinski definition) is 5. The van der Waals surface area contributed by atoms with Gasteiger partial charge in [0.1, 0.15) is 6.04 Å². The van der Waals surface area contributed by atoms with Crippen LogP contribution in [0.1, 0.15) is 32.3 Å². The van der Waals surface area contributed by atoms with E-state index < -0.39 is 16.1 Å². The lowest BCUT2D eigenvalue weighted by molar-refractivity contribution is -0.124. The molecule has 7 nitrogen and oxygen atoms in total. The third-order valence-electron chi connectivity index (χ3n) is 5.71. The molecule has 1 amide bonds. The van der Waals surface area contributed by atoms with E-state index in [1.165, 1.54) is 4.31 Å². The van der Waals surface area contributed by atoms with Crippen molar-refractivity contribution in [2.75, 3.05) is 19.9 Å². The Hall–Kier alpha value is -2.58. The van der Waals surface area contributed by atoms with Crippen molar-refractivity contribution >= 4 is 15.9 Å². The molecule has 1 unspecified atom stereocenters. The van der Waals surface area contributed by atoms with E-state index in [9.17, 15) is 13.2 Å². The fourth-order valence-corrected chi connectivity index (χ4v) is 5.54. The highest BCUT2D eigenvalue weighted by molar-refractivity contribution is 7.89. The van der Waals surface area contributed by atoms with Gasteiger partial charge in [0, 0.05) is 18.5 Å². The van der Waals surface area contributed by atoms with Crippen molar-refractivity contribution in [3.8, 4) is 11.5 Å². The SMILES string of the molecule is CC(C)(CNC(=O)C1CCCN1S(=O)(=O)c1ccccc1)c1ccc2c(c1)OCO2. The molecule has 2 aliphatic heterocycles. The minimum atomic E-state index is -3.70. The second kappa shape index (κ2) is 7.92. The first-order valence-electron chi connectivity index (χ1n) is 10.0. The second-order valence-electron chi connectivity index (χ2n) is 8.26. The summed E-state index contributed by atoms with van der Waals surface area (Å²) < 4.78 is 38.1. The molecule has 1 saturated heterocycles. The van der Waals surface area contributed by atoms with Gasteiger partial charge in [-0.2, -0.15) is 4.31 Å². The van der Waals surface area contributed by atoms with Gasteiger partial charge in [0.15, 0.2) is 11.5 Å². The van der Waals surface area contributed by atoms with Gasteiger partial charge in [-0.1, -0.05) is 38.1 Å². The number of carbonyl (C=O) groups is 1. The van der Waals surface area contributed by atoms with Gasteiger partial charge in [-0.3, -0.25) is 4.79 Å². The normalized spacial score (nSPS) is 19.1. The molecular formula is C22H26N2O5S. The van der Waals surface area contributed by atoms with Crippen molar-refractivity contribution in [2.45, 2.75) is 43.0 Å². The highest BCUT2D eigenvalue weighted by Gasteiger charge is 2.39. The molecule has 0 aliphatic carbocycles. The highest BCUT2D eigenvalue weighted by Crippen LogP contribution is 2.36. The third kappa shape index (κ3) is 3.89. The van der Waals surface area contributed by atoms with Crippen molar-refractivity contribution < 1.29 is 22.7 Å². The molecule has 2 heterocycles. The average molecular weight is 431 g/mol. The Bertz CT molecular complexity index is 1040. The number of sulfonamides is 1. The van der Waals surface area contributed by atoms with Gasteiger partial charge in [0.2, 0.25) is 22.7 Å². The average Bonchev–Trinajstić information content (AvgIpc) is 3.42. The van der Waals surface area contributed by atoms with Crippen molar-refractivity contribution in [1.29, 1.82) is 0 Å². The zero-order valence-corrected chi connectivity index (χ0v) is 17.9. The molecule has 0 radical (unpaired) electrons. The van der Waals surface area contributed by atoms with Crippen LogP contribution in [-0.2, 0) is 20.2 Å². The maximum atomic E-state index is 13.0. The Morgan fingerprint density at radius 3 is 2.63 bits per heavy atom.